The molecule has 0 unspecified atom stereocenters. The number of hydrogen-bond acceptors (Lipinski definition) is 3. The largest absolute Gasteiger partial charge is 0.345 e. The van der Waals surface area contributed by atoms with Crippen LogP contribution in [0.5, 0.6) is 0 Å². The monoisotopic (exact) mass is 220 g/mol. The molecule has 15 heavy (non-hydrogen) atoms. The molecule has 3 heteroatoms. The van der Waals surface area contributed by atoms with E-state index in [0.717, 1.165) is 19.6 Å². The van der Waals surface area contributed by atoms with Gasteiger partial charge in [-0.05, 0) is 18.7 Å². The summed E-state index contributed by atoms with van der Waals surface area (Å²) in [6.07, 6.45) is 2.09. The van der Waals surface area contributed by atoms with E-state index in [4.69, 9.17) is 0 Å². The molecule has 1 heterocycles. The van der Waals surface area contributed by atoms with Crippen molar-refractivity contribution in [2.45, 2.75) is 13.5 Å². The third kappa shape index (κ3) is 2.53. The van der Waals surface area contributed by atoms with Gasteiger partial charge in [-0.15, -0.1) is 0 Å². The number of aliphatic imine (C=N–C) groups is 1. The lowest BCUT2D eigenvalue weighted by atomic mass is 10.1. The number of rotatable bonds is 2. The summed E-state index contributed by atoms with van der Waals surface area (Å²) in [6, 6.07) is 8.74. The van der Waals surface area contributed by atoms with Crippen LogP contribution in [0.4, 0.5) is 0 Å². The molecule has 0 amide bonds. The van der Waals surface area contributed by atoms with Crippen molar-refractivity contribution in [1.29, 1.82) is 0 Å². The van der Waals surface area contributed by atoms with Crippen molar-refractivity contribution < 1.29 is 0 Å². The molecule has 1 aromatic rings. The van der Waals surface area contributed by atoms with Crippen LogP contribution >= 0.6 is 11.8 Å². The van der Waals surface area contributed by atoms with Gasteiger partial charge in [0.15, 0.2) is 5.17 Å². The molecule has 0 bridgehead atoms. The Bertz CT molecular complexity index is 356. The summed E-state index contributed by atoms with van der Waals surface area (Å²) in [4.78, 5) is 6.80. The summed E-state index contributed by atoms with van der Waals surface area (Å²) in [5.41, 5.74) is 2.68. The molecule has 2 nitrogen and oxygen atoms in total. The maximum absolute atomic E-state index is 4.45. The second-order valence-electron chi connectivity index (χ2n) is 3.78. The van der Waals surface area contributed by atoms with Crippen LogP contribution in [0.3, 0.4) is 0 Å². The summed E-state index contributed by atoms with van der Waals surface area (Å²) < 4.78 is 0. The first-order valence-electron chi connectivity index (χ1n) is 5.18. The maximum atomic E-state index is 4.45. The minimum absolute atomic E-state index is 0.946. The van der Waals surface area contributed by atoms with Crippen LogP contribution in [-0.2, 0) is 6.54 Å². The van der Waals surface area contributed by atoms with Gasteiger partial charge in [0, 0.05) is 13.1 Å². The van der Waals surface area contributed by atoms with E-state index in [1.807, 2.05) is 0 Å². The summed E-state index contributed by atoms with van der Waals surface area (Å²) in [7, 11) is 0. The Morgan fingerprint density at radius 1 is 1.33 bits per heavy atom. The molecule has 0 aliphatic carbocycles. The van der Waals surface area contributed by atoms with Crippen LogP contribution in [0.1, 0.15) is 11.1 Å². The zero-order chi connectivity index (χ0) is 10.7. The van der Waals surface area contributed by atoms with Crippen molar-refractivity contribution in [3.63, 3.8) is 0 Å². The van der Waals surface area contributed by atoms with E-state index in [1.165, 1.54) is 16.3 Å². The Hall–Kier alpha value is -0.960. The molecule has 2 rings (SSSR count). The van der Waals surface area contributed by atoms with Gasteiger partial charge >= 0.3 is 0 Å². The predicted molar refractivity (Wildman–Crippen MR) is 67.4 cm³/mol. The van der Waals surface area contributed by atoms with Crippen LogP contribution in [0.15, 0.2) is 29.3 Å². The first-order chi connectivity index (χ1) is 7.29. The van der Waals surface area contributed by atoms with E-state index in [9.17, 15) is 0 Å². The van der Waals surface area contributed by atoms with E-state index >= 15 is 0 Å². The first kappa shape index (κ1) is 10.6. The molecular weight excluding hydrogens is 204 g/mol. The van der Waals surface area contributed by atoms with E-state index in [-0.39, 0.29) is 0 Å². The molecule has 80 valence electrons. The third-order valence-electron chi connectivity index (χ3n) is 2.56. The third-order valence-corrected chi connectivity index (χ3v) is 3.32. The second-order valence-corrected chi connectivity index (χ2v) is 4.55. The topological polar surface area (TPSA) is 15.6 Å². The molecule has 0 N–H and O–H groups in total. The number of hydrogen-bond donors (Lipinski definition) is 0. The lowest BCUT2D eigenvalue weighted by molar-refractivity contribution is 0.459. The molecular formula is C12H16N2S. The number of aryl methyl sites for hydroxylation is 1. The lowest BCUT2D eigenvalue weighted by Crippen LogP contribution is -2.24. The fraction of sp³-hybridized carbons (Fsp3) is 0.417. The molecule has 0 spiro atoms. The highest BCUT2D eigenvalue weighted by molar-refractivity contribution is 8.13. The Morgan fingerprint density at radius 2 is 2.07 bits per heavy atom. The van der Waals surface area contributed by atoms with E-state index < -0.39 is 0 Å². The van der Waals surface area contributed by atoms with Gasteiger partial charge in [-0.2, -0.15) is 0 Å². The average molecular weight is 220 g/mol. The van der Waals surface area contributed by atoms with Gasteiger partial charge in [-0.25, -0.2) is 0 Å². The van der Waals surface area contributed by atoms with Crippen LogP contribution in [-0.4, -0.2) is 29.4 Å². The van der Waals surface area contributed by atoms with Gasteiger partial charge < -0.3 is 4.90 Å². The van der Waals surface area contributed by atoms with Crippen molar-refractivity contribution >= 4 is 16.9 Å². The van der Waals surface area contributed by atoms with Crippen LogP contribution < -0.4 is 0 Å². The molecule has 0 aromatic heterocycles. The van der Waals surface area contributed by atoms with Crippen LogP contribution in [0.2, 0.25) is 0 Å². The summed E-state index contributed by atoms with van der Waals surface area (Å²) in [5, 5.41) is 1.18. The molecule has 0 radical (unpaired) electrons. The van der Waals surface area contributed by atoms with E-state index in [1.54, 1.807) is 11.8 Å². The van der Waals surface area contributed by atoms with Gasteiger partial charge in [0.1, 0.15) is 0 Å². The summed E-state index contributed by atoms with van der Waals surface area (Å²) >= 11 is 1.74. The van der Waals surface area contributed by atoms with Crippen molar-refractivity contribution in [3.05, 3.63) is 35.4 Å². The molecule has 0 saturated carbocycles. The normalized spacial score (nSPS) is 15.6. The Labute approximate surface area is 95.4 Å². The second kappa shape index (κ2) is 4.71. The van der Waals surface area contributed by atoms with Gasteiger partial charge in [-0.3, -0.25) is 4.99 Å². The summed E-state index contributed by atoms with van der Waals surface area (Å²) in [6.45, 7) is 5.11. The quantitative estimate of drug-likeness (QED) is 0.761. The molecule has 0 atom stereocenters. The number of benzene rings is 1. The van der Waals surface area contributed by atoms with Gasteiger partial charge in [0.05, 0.1) is 6.54 Å². The SMILES string of the molecule is CSC1=NCCN1Cc1ccc(C)cc1. The smallest absolute Gasteiger partial charge is 0.159 e. The van der Waals surface area contributed by atoms with Gasteiger partial charge in [0.2, 0.25) is 0 Å². The van der Waals surface area contributed by atoms with Crippen molar-refractivity contribution in [2.24, 2.45) is 4.99 Å². The zero-order valence-electron chi connectivity index (χ0n) is 9.23. The first-order valence-corrected chi connectivity index (χ1v) is 6.41. The van der Waals surface area contributed by atoms with E-state index in [0.29, 0.717) is 0 Å². The minimum atomic E-state index is 0.946. The lowest BCUT2D eigenvalue weighted by Gasteiger charge is -2.18. The maximum Gasteiger partial charge on any atom is 0.159 e. The number of amidine groups is 1. The number of thioether (sulfide) groups is 1. The van der Waals surface area contributed by atoms with Gasteiger partial charge in [0.25, 0.3) is 0 Å². The Balaban J connectivity index is 2.03. The van der Waals surface area contributed by atoms with Crippen molar-refractivity contribution in [3.8, 4) is 0 Å². The Kier molecular flexibility index (Phi) is 3.31. The molecule has 0 fully saturated rings. The molecule has 1 aromatic carbocycles. The fourth-order valence-electron chi connectivity index (χ4n) is 1.72. The standard InChI is InChI=1S/C12H16N2S/c1-10-3-5-11(6-4-10)9-14-8-7-13-12(14)15-2/h3-6H,7-9H2,1-2H3. The van der Waals surface area contributed by atoms with Crippen LogP contribution in [0.25, 0.3) is 0 Å². The van der Waals surface area contributed by atoms with Crippen molar-refractivity contribution in [2.75, 3.05) is 19.3 Å². The minimum Gasteiger partial charge on any atom is -0.345 e. The highest BCUT2D eigenvalue weighted by atomic mass is 32.2. The van der Waals surface area contributed by atoms with Crippen molar-refractivity contribution in [1.82, 2.24) is 4.90 Å². The molecule has 1 aliphatic rings. The Morgan fingerprint density at radius 3 is 2.73 bits per heavy atom. The fourth-order valence-corrected chi connectivity index (χ4v) is 2.35. The molecule has 1 aliphatic heterocycles. The average Bonchev–Trinajstić information content (AvgIpc) is 2.69. The summed E-state index contributed by atoms with van der Waals surface area (Å²) in [5.74, 6) is 0. The van der Waals surface area contributed by atoms with Crippen LogP contribution in [0, 0.1) is 6.92 Å². The number of nitrogens with zero attached hydrogens (tertiary/aromatic N) is 2. The predicted octanol–water partition coefficient (Wildman–Crippen LogP) is 2.53. The van der Waals surface area contributed by atoms with E-state index in [2.05, 4.69) is 47.3 Å². The molecule has 0 saturated heterocycles. The highest BCUT2D eigenvalue weighted by Gasteiger charge is 2.15. The zero-order valence-corrected chi connectivity index (χ0v) is 10.0. The van der Waals surface area contributed by atoms with Gasteiger partial charge in [-0.1, -0.05) is 41.6 Å². The highest BCUT2D eigenvalue weighted by Crippen LogP contribution is 2.15.